The Hall–Kier alpha value is -7.57. The number of hydrogen-bond acceptors (Lipinski definition) is 5. The zero-order valence-electron chi connectivity index (χ0n) is 32.3. The summed E-state index contributed by atoms with van der Waals surface area (Å²) in [4.78, 5) is 9.62. The lowest BCUT2D eigenvalue weighted by molar-refractivity contribution is 0.414. The third kappa shape index (κ3) is 6.12. The predicted molar refractivity (Wildman–Crippen MR) is 238 cm³/mol. The van der Waals surface area contributed by atoms with Crippen LogP contribution < -0.4 is 19.3 Å². The molecule has 10 rings (SSSR count). The average molecular weight is 753 g/mol. The van der Waals surface area contributed by atoms with E-state index >= 15 is 0 Å². The van der Waals surface area contributed by atoms with Crippen molar-refractivity contribution in [3.05, 3.63) is 217 Å². The number of rotatable bonds is 9. The van der Waals surface area contributed by atoms with Crippen LogP contribution in [0.4, 0.5) is 22.7 Å². The zero-order chi connectivity index (χ0) is 39.0. The fraction of sp³-hybridized carbons (Fsp3) is 0.0577. The highest BCUT2D eigenvalue weighted by Gasteiger charge is 2.28. The Morgan fingerprint density at radius 1 is 0.448 bits per heavy atom. The minimum absolute atomic E-state index is 0.686. The molecule has 0 N–H and O–H groups in total. The van der Waals surface area contributed by atoms with Gasteiger partial charge in [0.25, 0.3) is 0 Å². The fourth-order valence-corrected chi connectivity index (χ4v) is 8.38. The lowest BCUT2D eigenvalue weighted by atomic mass is 9.85. The second-order valence-corrected chi connectivity index (χ2v) is 14.4. The predicted octanol–water partition coefficient (Wildman–Crippen LogP) is 12.5. The van der Waals surface area contributed by atoms with Gasteiger partial charge in [-0.2, -0.15) is 0 Å². The van der Waals surface area contributed by atoms with Gasteiger partial charge in [0.1, 0.15) is 24.0 Å². The molecule has 9 aromatic rings. The molecule has 0 radical (unpaired) electrons. The molecule has 0 spiro atoms. The summed E-state index contributed by atoms with van der Waals surface area (Å²) in [7, 11) is 3.41. The Morgan fingerprint density at radius 2 is 1.00 bits per heavy atom. The Kier molecular flexibility index (Phi) is 8.92. The highest BCUT2D eigenvalue weighted by atomic mass is 16.5. The van der Waals surface area contributed by atoms with E-state index in [9.17, 15) is 0 Å². The van der Waals surface area contributed by atoms with E-state index in [0.29, 0.717) is 6.67 Å². The quantitative estimate of drug-likeness (QED) is 0.137. The maximum absolute atomic E-state index is 5.64. The van der Waals surface area contributed by atoms with Crippen LogP contribution in [0.15, 0.2) is 194 Å². The van der Waals surface area contributed by atoms with Crippen LogP contribution in [0.5, 0.6) is 11.5 Å². The van der Waals surface area contributed by atoms with Gasteiger partial charge < -0.3 is 19.3 Å². The molecule has 6 nitrogen and oxygen atoms in total. The molecule has 1 aliphatic rings. The summed E-state index contributed by atoms with van der Waals surface area (Å²) in [5, 5.41) is 2.35. The van der Waals surface area contributed by atoms with E-state index in [2.05, 4.69) is 166 Å². The van der Waals surface area contributed by atoms with E-state index in [0.717, 1.165) is 73.1 Å². The topological polar surface area (TPSA) is 42.8 Å². The molecule has 58 heavy (non-hydrogen) atoms. The highest BCUT2D eigenvalue weighted by molar-refractivity contribution is 6.12. The largest absolute Gasteiger partial charge is 0.497 e. The normalized spacial score (nSPS) is 12.2. The minimum atomic E-state index is 0.686. The number of hydrogen-bond donors (Lipinski definition) is 0. The van der Waals surface area contributed by atoms with Gasteiger partial charge in [-0.25, -0.2) is 4.98 Å². The van der Waals surface area contributed by atoms with Crippen molar-refractivity contribution in [1.29, 1.82) is 0 Å². The smallest absolute Gasteiger partial charge is 0.137 e. The van der Waals surface area contributed by atoms with Crippen LogP contribution in [-0.2, 0) is 0 Å². The van der Waals surface area contributed by atoms with Crippen LogP contribution in [-0.4, -0.2) is 30.4 Å². The minimum Gasteiger partial charge on any atom is -0.497 e. The number of pyridine rings is 1. The molecular weight excluding hydrogens is 713 g/mol. The van der Waals surface area contributed by atoms with Crippen LogP contribution in [0.2, 0.25) is 0 Å². The molecule has 280 valence electrons. The molecule has 7 aromatic carbocycles. The molecule has 0 amide bonds. The van der Waals surface area contributed by atoms with Gasteiger partial charge in [-0.3, -0.25) is 4.57 Å². The van der Waals surface area contributed by atoms with Gasteiger partial charge >= 0.3 is 0 Å². The van der Waals surface area contributed by atoms with E-state index in [1.807, 2.05) is 42.6 Å². The van der Waals surface area contributed by atoms with E-state index in [1.54, 1.807) is 14.2 Å². The lowest BCUT2D eigenvalue weighted by Gasteiger charge is -2.24. The van der Waals surface area contributed by atoms with Crippen molar-refractivity contribution in [2.75, 3.05) is 30.7 Å². The average Bonchev–Trinajstić information content (AvgIpc) is 3.85. The monoisotopic (exact) mass is 752 g/mol. The van der Waals surface area contributed by atoms with E-state index in [4.69, 9.17) is 14.5 Å². The number of methoxy groups -OCH3 is 2. The maximum atomic E-state index is 5.64. The van der Waals surface area contributed by atoms with Gasteiger partial charge in [-0.1, -0.05) is 103 Å². The number of benzene rings is 7. The second kappa shape index (κ2) is 14.8. The third-order valence-electron chi connectivity index (χ3n) is 11.1. The Balaban J connectivity index is 1.24. The van der Waals surface area contributed by atoms with Crippen LogP contribution in [0.1, 0.15) is 22.3 Å². The molecule has 0 aliphatic carbocycles. The fourth-order valence-electron chi connectivity index (χ4n) is 8.38. The number of nitrogens with zero attached hydrogens (tertiary/aromatic N) is 4. The van der Waals surface area contributed by atoms with Gasteiger partial charge in [0.15, 0.2) is 0 Å². The van der Waals surface area contributed by atoms with E-state index < -0.39 is 0 Å². The first-order valence-corrected chi connectivity index (χ1v) is 19.5. The molecule has 6 heteroatoms. The maximum Gasteiger partial charge on any atom is 0.137 e. The summed E-state index contributed by atoms with van der Waals surface area (Å²) in [6, 6.07) is 66.5. The lowest BCUT2D eigenvalue weighted by Crippen LogP contribution is -2.23. The van der Waals surface area contributed by atoms with Crippen molar-refractivity contribution in [2.24, 2.45) is 0 Å². The first kappa shape index (κ1) is 34.9. The SMILES string of the molecule is COc1ccc(C(=C(c2cccc(N3CN(c4ccccc4)c4ccccc43)c2)c2ccc3c4ccccc4n(-c4ccccn4)c3c2)c2ccc(OC)cc2)cc1. The van der Waals surface area contributed by atoms with Crippen LogP contribution in [0.25, 0.3) is 38.8 Å². The number of para-hydroxylation sites is 4. The molecule has 1 aliphatic heterocycles. The number of fused-ring (bicyclic) bond motifs is 4. The van der Waals surface area contributed by atoms with Crippen LogP contribution >= 0.6 is 0 Å². The summed E-state index contributed by atoms with van der Waals surface area (Å²) in [5.74, 6) is 2.48. The molecule has 0 bridgehead atoms. The summed E-state index contributed by atoms with van der Waals surface area (Å²) in [5.41, 5.74) is 13.3. The Labute approximate surface area is 338 Å². The molecule has 3 heterocycles. The van der Waals surface area contributed by atoms with E-state index in [1.165, 1.54) is 22.1 Å². The van der Waals surface area contributed by atoms with Crippen molar-refractivity contribution in [3.8, 4) is 17.3 Å². The molecule has 2 aromatic heterocycles. The molecule has 0 saturated carbocycles. The van der Waals surface area contributed by atoms with Crippen molar-refractivity contribution in [2.45, 2.75) is 0 Å². The standard InChI is InChI=1S/C52H40N4O2/c1-57-42-27-22-36(23-28-42)51(37-24-29-43(58-2)30-25-37)52(39-26-31-45-44-17-6-7-18-46(44)56(49(45)34-39)50-21-10-11-32-53-50)38-13-12-16-41(33-38)55-35-54(40-14-4-3-5-15-40)47-19-8-9-20-48(47)55/h3-34H,35H2,1-2H3. The highest BCUT2D eigenvalue weighted by Crippen LogP contribution is 2.46. The van der Waals surface area contributed by atoms with Gasteiger partial charge in [-0.05, 0) is 118 Å². The first-order valence-electron chi connectivity index (χ1n) is 19.5. The Bertz CT molecular complexity index is 2890. The third-order valence-corrected chi connectivity index (χ3v) is 11.1. The van der Waals surface area contributed by atoms with Crippen LogP contribution in [0.3, 0.4) is 0 Å². The number of ether oxygens (including phenoxy) is 2. The zero-order valence-corrected chi connectivity index (χ0v) is 32.3. The van der Waals surface area contributed by atoms with Gasteiger partial charge in [0, 0.05) is 28.3 Å². The van der Waals surface area contributed by atoms with Crippen molar-refractivity contribution >= 4 is 55.7 Å². The summed E-state index contributed by atoms with van der Waals surface area (Å²) < 4.78 is 13.6. The summed E-state index contributed by atoms with van der Waals surface area (Å²) >= 11 is 0. The molecule has 0 saturated heterocycles. The number of anilines is 4. The Morgan fingerprint density at radius 3 is 1.67 bits per heavy atom. The van der Waals surface area contributed by atoms with Gasteiger partial charge in [0.2, 0.25) is 0 Å². The number of aromatic nitrogens is 2. The second-order valence-electron chi connectivity index (χ2n) is 14.4. The first-order chi connectivity index (χ1) is 28.7. The van der Waals surface area contributed by atoms with Crippen molar-refractivity contribution in [1.82, 2.24) is 9.55 Å². The van der Waals surface area contributed by atoms with Crippen molar-refractivity contribution in [3.63, 3.8) is 0 Å². The van der Waals surface area contributed by atoms with E-state index in [-0.39, 0.29) is 0 Å². The summed E-state index contributed by atoms with van der Waals surface area (Å²) in [6.07, 6.45) is 1.86. The molecule has 0 unspecified atom stereocenters. The van der Waals surface area contributed by atoms with Crippen LogP contribution in [0, 0.1) is 0 Å². The molecule has 0 atom stereocenters. The summed E-state index contributed by atoms with van der Waals surface area (Å²) in [6.45, 7) is 0.686. The van der Waals surface area contributed by atoms with Gasteiger partial charge in [-0.15, -0.1) is 0 Å². The molecular formula is C52H40N4O2. The van der Waals surface area contributed by atoms with Gasteiger partial charge in [0.05, 0.1) is 36.6 Å². The molecule has 0 fully saturated rings. The van der Waals surface area contributed by atoms with Crippen molar-refractivity contribution < 1.29 is 9.47 Å².